The minimum absolute atomic E-state index is 0.597. The zero-order valence-corrected chi connectivity index (χ0v) is 13.4. The van der Waals surface area contributed by atoms with Gasteiger partial charge in [0.05, 0.1) is 11.7 Å². The topological polar surface area (TPSA) is 29.9 Å². The number of nitrogens with zero attached hydrogens (tertiary/aromatic N) is 2. The first kappa shape index (κ1) is 14.5. The molecule has 1 aromatic heterocycles. The van der Waals surface area contributed by atoms with Crippen molar-refractivity contribution in [1.29, 1.82) is 0 Å². The van der Waals surface area contributed by atoms with E-state index < -0.39 is 0 Å². The van der Waals surface area contributed by atoms with Crippen LogP contribution in [0.15, 0.2) is 12.3 Å². The molecule has 3 nitrogen and oxygen atoms in total. The van der Waals surface area contributed by atoms with Crippen molar-refractivity contribution in [2.45, 2.75) is 57.0 Å². The van der Waals surface area contributed by atoms with Gasteiger partial charge >= 0.3 is 0 Å². The molecule has 1 aliphatic heterocycles. The summed E-state index contributed by atoms with van der Waals surface area (Å²) in [5, 5.41) is 8.38. The first-order valence-electron chi connectivity index (χ1n) is 8.16. The van der Waals surface area contributed by atoms with Crippen LogP contribution in [0.4, 0.5) is 0 Å². The fourth-order valence-corrected chi connectivity index (χ4v) is 4.97. The van der Waals surface area contributed by atoms with Crippen LogP contribution in [0.1, 0.15) is 50.3 Å². The molecular weight excluding hydrogens is 266 g/mol. The predicted molar refractivity (Wildman–Crippen MR) is 86.3 cm³/mol. The normalized spacial score (nSPS) is 25.9. The van der Waals surface area contributed by atoms with Gasteiger partial charge in [-0.3, -0.25) is 4.68 Å². The molecule has 1 aliphatic carbocycles. The van der Waals surface area contributed by atoms with Crippen LogP contribution in [0.25, 0.3) is 0 Å². The maximum atomic E-state index is 4.86. The summed E-state index contributed by atoms with van der Waals surface area (Å²) in [6, 6.07) is 3.49. The summed E-state index contributed by atoms with van der Waals surface area (Å²) in [4.78, 5) is 0. The molecule has 20 heavy (non-hydrogen) atoms. The van der Waals surface area contributed by atoms with Crippen molar-refractivity contribution >= 4 is 11.8 Å². The molecule has 112 valence electrons. The quantitative estimate of drug-likeness (QED) is 0.903. The summed E-state index contributed by atoms with van der Waals surface area (Å²) in [6.45, 7) is 0. The summed E-state index contributed by atoms with van der Waals surface area (Å²) in [5.74, 6) is 3.47. The van der Waals surface area contributed by atoms with Crippen molar-refractivity contribution in [3.8, 4) is 0 Å². The second-order valence-corrected chi connectivity index (χ2v) is 7.45. The lowest BCUT2D eigenvalue weighted by molar-refractivity contribution is 0.326. The lowest BCUT2D eigenvalue weighted by atomic mass is 9.95. The molecule has 2 heterocycles. The number of thioether (sulfide) groups is 1. The Bertz CT molecular complexity index is 406. The van der Waals surface area contributed by atoms with E-state index in [1.165, 1.54) is 55.7 Å². The Morgan fingerprint density at radius 3 is 2.90 bits per heavy atom. The maximum absolute atomic E-state index is 4.86. The van der Waals surface area contributed by atoms with Gasteiger partial charge in [0.1, 0.15) is 0 Å². The second kappa shape index (κ2) is 6.99. The van der Waals surface area contributed by atoms with Crippen LogP contribution in [0, 0.1) is 5.92 Å². The van der Waals surface area contributed by atoms with Gasteiger partial charge in [-0.1, -0.05) is 19.3 Å². The van der Waals surface area contributed by atoms with E-state index >= 15 is 0 Å². The molecule has 1 aromatic rings. The largest absolute Gasteiger partial charge is 0.316 e. The molecular formula is C16H27N3S. The minimum Gasteiger partial charge on any atom is -0.316 e. The average molecular weight is 293 g/mol. The zero-order valence-electron chi connectivity index (χ0n) is 12.6. The fraction of sp³-hybridized carbons (Fsp3) is 0.812. The first-order chi connectivity index (χ1) is 9.86. The molecule has 1 saturated carbocycles. The van der Waals surface area contributed by atoms with Crippen LogP contribution in [0.5, 0.6) is 0 Å². The van der Waals surface area contributed by atoms with Crippen molar-refractivity contribution in [2.24, 2.45) is 5.92 Å². The Balaban J connectivity index is 1.60. The molecule has 2 aliphatic rings. The summed E-state index contributed by atoms with van der Waals surface area (Å²) in [5.41, 5.74) is 1.27. The van der Waals surface area contributed by atoms with E-state index in [2.05, 4.69) is 41.1 Å². The van der Waals surface area contributed by atoms with E-state index in [1.807, 2.05) is 0 Å². The van der Waals surface area contributed by atoms with E-state index in [9.17, 15) is 0 Å². The molecule has 0 amide bonds. The van der Waals surface area contributed by atoms with E-state index in [4.69, 9.17) is 5.10 Å². The van der Waals surface area contributed by atoms with Gasteiger partial charge in [0, 0.05) is 18.7 Å². The van der Waals surface area contributed by atoms with Crippen molar-refractivity contribution in [1.82, 2.24) is 15.1 Å². The third-order valence-corrected chi connectivity index (χ3v) is 6.13. The van der Waals surface area contributed by atoms with Crippen LogP contribution >= 0.6 is 11.8 Å². The number of rotatable bonds is 5. The summed E-state index contributed by atoms with van der Waals surface area (Å²) < 4.78 is 2.24. The predicted octanol–water partition coefficient (Wildman–Crippen LogP) is 3.27. The van der Waals surface area contributed by atoms with Crippen molar-refractivity contribution in [2.75, 3.05) is 18.6 Å². The van der Waals surface area contributed by atoms with Crippen LogP contribution in [-0.2, 0) is 6.42 Å². The van der Waals surface area contributed by atoms with Gasteiger partial charge in [-0.2, -0.15) is 16.9 Å². The van der Waals surface area contributed by atoms with E-state index in [1.54, 1.807) is 0 Å². The Morgan fingerprint density at radius 1 is 1.35 bits per heavy atom. The Hall–Kier alpha value is -0.480. The standard InChI is InChI=1S/C16H27N3S/c1-17-16(13-8-10-20-12-13)11-14-7-9-19(18-14)15-5-3-2-4-6-15/h7,9,13,15-17H,2-6,8,10-12H2,1H3. The lowest BCUT2D eigenvalue weighted by Gasteiger charge is -2.23. The number of nitrogens with one attached hydrogen (secondary N) is 1. The monoisotopic (exact) mass is 293 g/mol. The number of likely N-dealkylation sites (N-methyl/N-ethyl adjacent to an activating group) is 1. The molecule has 1 N–H and O–H groups in total. The Morgan fingerprint density at radius 2 is 2.20 bits per heavy atom. The molecule has 0 radical (unpaired) electrons. The summed E-state index contributed by atoms with van der Waals surface area (Å²) >= 11 is 2.10. The van der Waals surface area contributed by atoms with E-state index in [0.717, 1.165) is 12.3 Å². The number of aromatic nitrogens is 2. The van der Waals surface area contributed by atoms with Gasteiger partial charge in [0.25, 0.3) is 0 Å². The second-order valence-electron chi connectivity index (χ2n) is 6.30. The van der Waals surface area contributed by atoms with Crippen molar-refractivity contribution in [3.05, 3.63) is 18.0 Å². The fourth-order valence-electron chi connectivity index (χ4n) is 3.64. The molecule has 1 saturated heterocycles. The highest BCUT2D eigenvalue weighted by molar-refractivity contribution is 7.99. The third-order valence-electron chi connectivity index (χ3n) is 4.95. The first-order valence-corrected chi connectivity index (χ1v) is 9.31. The average Bonchev–Trinajstić information content (AvgIpc) is 3.17. The minimum atomic E-state index is 0.597. The lowest BCUT2D eigenvalue weighted by Crippen LogP contribution is -2.35. The Kier molecular flexibility index (Phi) is 5.05. The van der Waals surface area contributed by atoms with Gasteiger partial charge in [-0.15, -0.1) is 0 Å². The molecule has 0 bridgehead atoms. The number of hydrogen-bond acceptors (Lipinski definition) is 3. The molecule has 3 rings (SSSR count). The van der Waals surface area contributed by atoms with Gasteiger partial charge in [-0.25, -0.2) is 0 Å². The zero-order chi connectivity index (χ0) is 13.8. The van der Waals surface area contributed by atoms with Gasteiger partial charge in [-0.05, 0) is 49.8 Å². The summed E-state index contributed by atoms with van der Waals surface area (Å²) in [7, 11) is 2.10. The highest BCUT2D eigenvalue weighted by atomic mass is 32.2. The summed E-state index contributed by atoms with van der Waals surface area (Å²) in [6.07, 6.45) is 11.4. The van der Waals surface area contributed by atoms with Crippen LogP contribution in [0.3, 0.4) is 0 Å². The molecule has 2 atom stereocenters. The van der Waals surface area contributed by atoms with Crippen molar-refractivity contribution in [3.63, 3.8) is 0 Å². The molecule has 4 heteroatoms. The highest BCUT2D eigenvalue weighted by Gasteiger charge is 2.25. The molecule has 2 fully saturated rings. The van der Waals surface area contributed by atoms with E-state index in [-0.39, 0.29) is 0 Å². The number of hydrogen-bond donors (Lipinski definition) is 1. The van der Waals surface area contributed by atoms with Crippen LogP contribution < -0.4 is 5.32 Å². The Labute approximate surface area is 126 Å². The third kappa shape index (κ3) is 3.40. The van der Waals surface area contributed by atoms with Crippen LogP contribution in [-0.4, -0.2) is 34.4 Å². The SMILES string of the molecule is CNC(Cc1ccn(C2CCCCC2)n1)C1CCSC1. The molecule has 0 spiro atoms. The molecule has 2 unspecified atom stereocenters. The van der Waals surface area contributed by atoms with Gasteiger partial charge < -0.3 is 5.32 Å². The molecule has 0 aromatic carbocycles. The smallest absolute Gasteiger partial charge is 0.0640 e. The van der Waals surface area contributed by atoms with E-state index in [0.29, 0.717) is 12.1 Å². The van der Waals surface area contributed by atoms with Gasteiger partial charge in [0.15, 0.2) is 0 Å². The highest BCUT2D eigenvalue weighted by Crippen LogP contribution is 2.29. The van der Waals surface area contributed by atoms with Gasteiger partial charge in [0.2, 0.25) is 0 Å². The van der Waals surface area contributed by atoms with Crippen molar-refractivity contribution < 1.29 is 0 Å². The maximum Gasteiger partial charge on any atom is 0.0640 e. The van der Waals surface area contributed by atoms with Crippen LogP contribution in [0.2, 0.25) is 0 Å².